The fourth-order valence-corrected chi connectivity index (χ4v) is 3.40. The van der Waals surface area contributed by atoms with Crippen molar-refractivity contribution in [3.05, 3.63) is 59.7 Å². The standard InChI is InChI=1S/C15H17NO2S2/c1-20(17,18)15-8-6-14(7-9-15)19-11-13-5-3-2-4-12(13)10-16/h2-9H,10-11,16H2,1H3. The van der Waals surface area contributed by atoms with Gasteiger partial charge in [-0.2, -0.15) is 0 Å². The molecule has 3 nitrogen and oxygen atoms in total. The summed E-state index contributed by atoms with van der Waals surface area (Å²) in [6.07, 6.45) is 1.21. The summed E-state index contributed by atoms with van der Waals surface area (Å²) >= 11 is 1.67. The number of hydrogen-bond acceptors (Lipinski definition) is 4. The maximum absolute atomic E-state index is 11.4. The molecule has 106 valence electrons. The molecule has 0 radical (unpaired) electrons. The third kappa shape index (κ3) is 3.85. The maximum Gasteiger partial charge on any atom is 0.175 e. The van der Waals surface area contributed by atoms with E-state index in [4.69, 9.17) is 5.73 Å². The molecule has 5 heteroatoms. The van der Waals surface area contributed by atoms with Gasteiger partial charge in [-0.1, -0.05) is 24.3 Å². The molecular weight excluding hydrogens is 290 g/mol. The van der Waals surface area contributed by atoms with E-state index in [1.165, 1.54) is 11.8 Å². The number of rotatable bonds is 5. The summed E-state index contributed by atoms with van der Waals surface area (Å²) in [6, 6.07) is 15.1. The van der Waals surface area contributed by atoms with Crippen LogP contribution in [0.15, 0.2) is 58.3 Å². The second kappa shape index (κ2) is 6.43. The molecule has 0 spiro atoms. The first-order valence-electron chi connectivity index (χ1n) is 6.20. The Labute approximate surface area is 124 Å². The quantitative estimate of drug-likeness (QED) is 0.863. The average molecular weight is 307 g/mol. The van der Waals surface area contributed by atoms with Crippen LogP contribution in [0.25, 0.3) is 0 Å². The highest BCUT2D eigenvalue weighted by Crippen LogP contribution is 2.25. The maximum atomic E-state index is 11.4. The monoisotopic (exact) mass is 307 g/mol. The molecule has 0 amide bonds. The van der Waals surface area contributed by atoms with Crippen molar-refractivity contribution in [1.29, 1.82) is 0 Å². The zero-order valence-electron chi connectivity index (χ0n) is 11.2. The first kappa shape index (κ1) is 15.1. The van der Waals surface area contributed by atoms with E-state index in [2.05, 4.69) is 6.07 Å². The third-order valence-corrected chi connectivity index (χ3v) is 5.17. The van der Waals surface area contributed by atoms with E-state index < -0.39 is 9.84 Å². The molecule has 0 bridgehead atoms. The van der Waals surface area contributed by atoms with E-state index >= 15 is 0 Å². The van der Waals surface area contributed by atoms with Crippen molar-refractivity contribution >= 4 is 21.6 Å². The molecule has 0 aliphatic rings. The smallest absolute Gasteiger partial charge is 0.175 e. The van der Waals surface area contributed by atoms with Gasteiger partial charge in [0.05, 0.1) is 4.90 Å². The number of nitrogens with two attached hydrogens (primary N) is 1. The van der Waals surface area contributed by atoms with Gasteiger partial charge in [0.2, 0.25) is 0 Å². The van der Waals surface area contributed by atoms with Crippen LogP contribution in [0, 0.1) is 0 Å². The fraction of sp³-hybridized carbons (Fsp3) is 0.200. The molecular formula is C15H17NO2S2. The van der Waals surface area contributed by atoms with Crippen molar-refractivity contribution in [2.24, 2.45) is 5.73 Å². The summed E-state index contributed by atoms with van der Waals surface area (Å²) in [5, 5.41) is 0. The van der Waals surface area contributed by atoms with Crippen LogP contribution in [-0.2, 0) is 22.1 Å². The second-order valence-corrected chi connectivity index (χ2v) is 7.57. The topological polar surface area (TPSA) is 60.2 Å². The van der Waals surface area contributed by atoms with Gasteiger partial charge < -0.3 is 5.73 Å². The average Bonchev–Trinajstić information content (AvgIpc) is 2.45. The number of benzene rings is 2. The Balaban J connectivity index is 2.08. The number of hydrogen-bond donors (Lipinski definition) is 1. The molecule has 0 aliphatic heterocycles. The Kier molecular flexibility index (Phi) is 4.86. The van der Waals surface area contributed by atoms with Gasteiger partial charge >= 0.3 is 0 Å². The molecule has 0 saturated heterocycles. The number of thioether (sulfide) groups is 1. The van der Waals surface area contributed by atoms with E-state index in [1.54, 1.807) is 23.9 Å². The van der Waals surface area contributed by atoms with Crippen LogP contribution < -0.4 is 5.73 Å². The molecule has 2 N–H and O–H groups in total. The van der Waals surface area contributed by atoms with Crippen LogP contribution in [0.3, 0.4) is 0 Å². The minimum Gasteiger partial charge on any atom is -0.326 e. The largest absolute Gasteiger partial charge is 0.326 e. The summed E-state index contributed by atoms with van der Waals surface area (Å²) in [5.41, 5.74) is 8.07. The zero-order valence-corrected chi connectivity index (χ0v) is 12.9. The van der Waals surface area contributed by atoms with Gasteiger partial charge in [0.1, 0.15) is 0 Å². The fourth-order valence-electron chi connectivity index (χ4n) is 1.84. The van der Waals surface area contributed by atoms with Gasteiger partial charge in [-0.3, -0.25) is 0 Å². The van der Waals surface area contributed by atoms with E-state index in [-0.39, 0.29) is 0 Å². The van der Waals surface area contributed by atoms with E-state index in [1.807, 2.05) is 30.3 Å². The van der Waals surface area contributed by atoms with Gasteiger partial charge in [-0.15, -0.1) is 11.8 Å². The molecule has 2 aromatic rings. The van der Waals surface area contributed by atoms with Crippen molar-refractivity contribution in [3.8, 4) is 0 Å². The first-order chi connectivity index (χ1) is 9.50. The van der Waals surface area contributed by atoms with E-state index in [0.29, 0.717) is 11.4 Å². The van der Waals surface area contributed by atoms with E-state index in [0.717, 1.165) is 16.2 Å². The molecule has 0 saturated carbocycles. The highest BCUT2D eigenvalue weighted by Gasteiger charge is 2.07. The van der Waals surface area contributed by atoms with Gasteiger partial charge in [0.15, 0.2) is 9.84 Å². The summed E-state index contributed by atoms with van der Waals surface area (Å²) < 4.78 is 22.8. The highest BCUT2D eigenvalue weighted by atomic mass is 32.2. The van der Waals surface area contributed by atoms with Crippen LogP contribution in [-0.4, -0.2) is 14.7 Å². The van der Waals surface area contributed by atoms with Gasteiger partial charge in [0, 0.05) is 23.4 Å². The van der Waals surface area contributed by atoms with Gasteiger partial charge in [-0.05, 0) is 35.4 Å². The van der Waals surface area contributed by atoms with Crippen LogP contribution in [0.5, 0.6) is 0 Å². The van der Waals surface area contributed by atoms with Crippen molar-refractivity contribution in [1.82, 2.24) is 0 Å². The first-order valence-corrected chi connectivity index (χ1v) is 9.08. The third-order valence-electron chi connectivity index (χ3n) is 2.98. The van der Waals surface area contributed by atoms with Gasteiger partial charge in [-0.25, -0.2) is 8.42 Å². The Morgan fingerprint density at radius 1 is 1.00 bits per heavy atom. The lowest BCUT2D eigenvalue weighted by atomic mass is 10.1. The Hall–Kier alpha value is -1.30. The minimum atomic E-state index is -3.12. The lowest BCUT2D eigenvalue weighted by molar-refractivity contribution is 0.602. The summed E-state index contributed by atoms with van der Waals surface area (Å²) in [5.74, 6) is 0.825. The predicted molar refractivity (Wildman–Crippen MR) is 83.4 cm³/mol. The normalized spacial score (nSPS) is 11.5. The van der Waals surface area contributed by atoms with Crippen molar-refractivity contribution < 1.29 is 8.42 Å². The van der Waals surface area contributed by atoms with Crippen LogP contribution in [0.4, 0.5) is 0 Å². The number of sulfone groups is 1. The van der Waals surface area contributed by atoms with Crippen molar-refractivity contribution in [2.45, 2.75) is 22.1 Å². The summed E-state index contributed by atoms with van der Waals surface area (Å²) in [7, 11) is -3.12. The van der Waals surface area contributed by atoms with Gasteiger partial charge in [0.25, 0.3) is 0 Å². The molecule has 0 unspecified atom stereocenters. The lowest BCUT2D eigenvalue weighted by Crippen LogP contribution is -2.00. The Bertz CT molecular complexity index is 679. The second-order valence-electron chi connectivity index (χ2n) is 4.51. The minimum absolute atomic E-state index is 0.351. The van der Waals surface area contributed by atoms with Crippen LogP contribution >= 0.6 is 11.8 Å². The SMILES string of the molecule is CS(=O)(=O)c1ccc(SCc2ccccc2CN)cc1. The van der Waals surface area contributed by atoms with Crippen molar-refractivity contribution in [3.63, 3.8) is 0 Å². The Morgan fingerprint density at radius 3 is 2.15 bits per heavy atom. The molecule has 2 aromatic carbocycles. The van der Waals surface area contributed by atoms with Crippen molar-refractivity contribution in [2.75, 3.05) is 6.26 Å². The molecule has 0 fully saturated rings. The van der Waals surface area contributed by atoms with Crippen LogP contribution in [0.1, 0.15) is 11.1 Å². The zero-order chi connectivity index (χ0) is 14.6. The lowest BCUT2D eigenvalue weighted by Gasteiger charge is -2.07. The molecule has 0 aliphatic carbocycles. The predicted octanol–water partition coefficient (Wildman–Crippen LogP) is 2.84. The molecule has 20 heavy (non-hydrogen) atoms. The van der Waals surface area contributed by atoms with E-state index in [9.17, 15) is 8.42 Å². The van der Waals surface area contributed by atoms with Crippen LogP contribution in [0.2, 0.25) is 0 Å². The summed E-state index contributed by atoms with van der Waals surface area (Å²) in [4.78, 5) is 1.40. The summed E-state index contributed by atoms with van der Waals surface area (Å²) in [6.45, 7) is 0.531. The molecule has 0 aromatic heterocycles. The molecule has 0 heterocycles. The Morgan fingerprint density at radius 2 is 1.60 bits per heavy atom. The highest BCUT2D eigenvalue weighted by molar-refractivity contribution is 7.98. The molecule has 0 atom stereocenters. The molecule has 2 rings (SSSR count).